The first-order valence-electron chi connectivity index (χ1n) is 16.4. The highest BCUT2D eigenvalue weighted by molar-refractivity contribution is 6.01. The van der Waals surface area contributed by atoms with Gasteiger partial charge in [0.15, 0.2) is 5.82 Å². The van der Waals surface area contributed by atoms with Crippen LogP contribution in [0, 0.1) is 0 Å². The lowest BCUT2D eigenvalue weighted by Gasteiger charge is -2.24. The van der Waals surface area contributed by atoms with Crippen LogP contribution in [0.5, 0.6) is 17.5 Å². The summed E-state index contributed by atoms with van der Waals surface area (Å²) >= 11 is 0. The lowest BCUT2D eigenvalue weighted by atomic mass is 9.98. The lowest BCUT2D eigenvalue weighted by molar-refractivity contribution is -0.125. The van der Waals surface area contributed by atoms with Gasteiger partial charge < -0.3 is 29.5 Å². The quantitative estimate of drug-likeness (QED) is 0.113. The zero-order valence-electron chi connectivity index (χ0n) is 28.2. The fourth-order valence-corrected chi connectivity index (χ4v) is 6.29. The van der Waals surface area contributed by atoms with E-state index in [1.807, 2.05) is 49.7 Å². The van der Waals surface area contributed by atoms with Crippen molar-refractivity contribution in [3.05, 3.63) is 77.5 Å². The van der Waals surface area contributed by atoms with E-state index < -0.39 is 12.0 Å². The van der Waals surface area contributed by atoms with Gasteiger partial charge in [0, 0.05) is 59.0 Å². The number of aromatic nitrogens is 4. The number of phenols is 2. The molecular formula is C36H37N7O8. The monoisotopic (exact) mass is 695 g/mol. The molecule has 0 radical (unpaired) electrons. The Morgan fingerprint density at radius 1 is 1.00 bits per heavy atom. The van der Waals surface area contributed by atoms with Gasteiger partial charge in [-0.3, -0.25) is 25.0 Å². The molecule has 1 aliphatic rings. The zero-order valence-corrected chi connectivity index (χ0v) is 28.2. The highest BCUT2D eigenvalue weighted by atomic mass is 16.5. The average molecular weight is 696 g/mol. The number of amides is 4. The molecule has 51 heavy (non-hydrogen) atoms. The average Bonchev–Trinajstić information content (AvgIpc) is 3.78. The maximum Gasteiger partial charge on any atom is 0.411 e. The van der Waals surface area contributed by atoms with Crippen LogP contribution in [0.4, 0.5) is 10.5 Å². The number of nitrogens with one attached hydrogen (secondary N) is 2. The second kappa shape index (κ2) is 14.2. The summed E-state index contributed by atoms with van der Waals surface area (Å²) in [6.45, 7) is 6.29. The number of hydrogen-bond donors (Lipinski definition) is 5. The van der Waals surface area contributed by atoms with Crippen LogP contribution in [0.3, 0.4) is 0 Å². The minimum Gasteiger partial charge on any atom is -0.508 e. The fourth-order valence-electron chi connectivity index (χ4n) is 6.29. The Balaban J connectivity index is 1.10. The van der Waals surface area contributed by atoms with E-state index in [-0.39, 0.29) is 60.8 Å². The number of carbonyl (C=O) groups excluding carboxylic acids is 4. The van der Waals surface area contributed by atoms with Crippen LogP contribution in [0.2, 0.25) is 0 Å². The van der Waals surface area contributed by atoms with Crippen molar-refractivity contribution in [1.29, 1.82) is 0 Å². The molecule has 3 heterocycles. The molecule has 5 aromatic rings. The molecule has 5 N–H and O–H groups in total. The number of fused-ring (bicyclic) bond motifs is 2. The fraction of sp³-hybridized carbons (Fsp3) is 0.278. The first-order valence-corrected chi connectivity index (χ1v) is 16.4. The van der Waals surface area contributed by atoms with E-state index in [2.05, 4.69) is 20.8 Å². The van der Waals surface area contributed by atoms with E-state index in [9.17, 15) is 34.5 Å². The molecule has 2 aromatic heterocycles. The molecule has 0 saturated carbocycles. The summed E-state index contributed by atoms with van der Waals surface area (Å²) in [5.41, 5.74) is 3.85. The van der Waals surface area contributed by atoms with E-state index in [0.717, 1.165) is 10.9 Å². The van der Waals surface area contributed by atoms with Gasteiger partial charge >= 0.3 is 12.1 Å². The van der Waals surface area contributed by atoms with Crippen molar-refractivity contribution in [3.63, 3.8) is 0 Å². The standard InChI is InChI=1S/C36H37N7O8/c1-20(2)25-16-26(31(46)17-30(25)45)33-39-40-35(49)43(33)23-8-9-29-22(15-23)11-12-41(29)13-14-51-36(50)38-28-6-4-5-24-27(28)18-42(34(24)48)21(3)7-10-32(47)37-19-44/h4-6,8-9,11-12,15-17,19-21,45-46H,7,10,13-14,18H2,1-3H3,(H,38,50)(H,40,49)(H,37,44,47). The first kappa shape index (κ1) is 34.5. The van der Waals surface area contributed by atoms with Crippen molar-refractivity contribution in [2.24, 2.45) is 0 Å². The van der Waals surface area contributed by atoms with E-state index in [0.29, 0.717) is 53.0 Å². The van der Waals surface area contributed by atoms with Crippen LogP contribution >= 0.6 is 0 Å². The SMILES string of the molecule is CC(C)c1cc(-c2nnc(O)n2-c2ccc3c(ccn3CCOC(=O)Nc3cccc4c3CN(C(C)CCC(=O)NC=O)C4=O)c2)c(O)cc1O. The Labute approximate surface area is 292 Å². The van der Waals surface area contributed by atoms with Crippen molar-refractivity contribution in [3.8, 4) is 34.6 Å². The number of rotatable bonds is 12. The molecule has 0 saturated heterocycles. The van der Waals surface area contributed by atoms with Crippen molar-refractivity contribution in [1.82, 2.24) is 29.5 Å². The highest BCUT2D eigenvalue weighted by Crippen LogP contribution is 2.39. The van der Waals surface area contributed by atoms with Gasteiger partial charge in [-0.2, -0.15) is 0 Å². The summed E-state index contributed by atoms with van der Waals surface area (Å²) in [5, 5.41) is 45.2. The maximum atomic E-state index is 13.1. The summed E-state index contributed by atoms with van der Waals surface area (Å²) in [7, 11) is 0. The maximum absolute atomic E-state index is 13.1. The number of ether oxygens (including phenoxy) is 1. The molecule has 1 aliphatic heterocycles. The molecule has 0 spiro atoms. The molecule has 15 nitrogen and oxygen atoms in total. The minimum absolute atomic E-state index is 0.0326. The van der Waals surface area contributed by atoms with E-state index in [4.69, 9.17) is 4.74 Å². The molecule has 3 aromatic carbocycles. The number of carbonyl (C=O) groups is 4. The van der Waals surface area contributed by atoms with Crippen LogP contribution in [-0.4, -0.2) is 76.5 Å². The molecule has 1 unspecified atom stereocenters. The topological polar surface area (TPSA) is 201 Å². The van der Waals surface area contributed by atoms with Gasteiger partial charge in [-0.15, -0.1) is 5.10 Å². The third-order valence-electron chi connectivity index (χ3n) is 9.01. The third kappa shape index (κ3) is 6.90. The molecule has 15 heteroatoms. The second-order valence-corrected chi connectivity index (χ2v) is 12.6. The van der Waals surface area contributed by atoms with Crippen LogP contribution in [0.25, 0.3) is 28.0 Å². The minimum atomic E-state index is -0.680. The van der Waals surface area contributed by atoms with Crippen molar-refractivity contribution in [2.45, 2.75) is 58.7 Å². The van der Waals surface area contributed by atoms with Gasteiger partial charge in [0.1, 0.15) is 18.1 Å². The molecular weight excluding hydrogens is 658 g/mol. The molecule has 6 rings (SSSR count). The van der Waals surface area contributed by atoms with Gasteiger partial charge in [-0.25, -0.2) is 9.36 Å². The summed E-state index contributed by atoms with van der Waals surface area (Å²) < 4.78 is 8.80. The Morgan fingerprint density at radius 2 is 1.80 bits per heavy atom. The number of anilines is 1. The first-order chi connectivity index (χ1) is 24.5. The Bertz CT molecular complexity index is 2150. The smallest absolute Gasteiger partial charge is 0.411 e. The number of benzene rings is 3. The van der Waals surface area contributed by atoms with Gasteiger partial charge in [0.2, 0.25) is 12.3 Å². The predicted octanol–water partition coefficient (Wildman–Crippen LogP) is 4.78. The number of hydrogen-bond acceptors (Lipinski definition) is 10. The second-order valence-electron chi connectivity index (χ2n) is 12.6. The van der Waals surface area contributed by atoms with Crippen molar-refractivity contribution >= 4 is 40.9 Å². The van der Waals surface area contributed by atoms with E-state index in [1.165, 1.54) is 10.6 Å². The molecule has 1 atom stereocenters. The number of phenolic OH excluding ortho intramolecular Hbond substituents is 2. The van der Waals surface area contributed by atoms with Gasteiger partial charge in [0.05, 0.1) is 17.8 Å². The molecule has 0 fully saturated rings. The highest BCUT2D eigenvalue weighted by Gasteiger charge is 2.33. The summed E-state index contributed by atoms with van der Waals surface area (Å²) in [4.78, 5) is 49.7. The number of nitrogens with zero attached hydrogens (tertiary/aromatic N) is 5. The predicted molar refractivity (Wildman–Crippen MR) is 186 cm³/mol. The third-order valence-corrected chi connectivity index (χ3v) is 9.01. The van der Waals surface area contributed by atoms with E-state index >= 15 is 0 Å². The van der Waals surface area contributed by atoms with Gasteiger partial charge in [0.25, 0.3) is 5.91 Å². The van der Waals surface area contributed by atoms with Crippen LogP contribution in [0.15, 0.2) is 60.8 Å². The van der Waals surface area contributed by atoms with Gasteiger partial charge in [-0.1, -0.05) is 25.0 Å². The van der Waals surface area contributed by atoms with Gasteiger partial charge in [-0.05, 0) is 67.3 Å². The lowest BCUT2D eigenvalue weighted by Crippen LogP contribution is -2.34. The van der Waals surface area contributed by atoms with Crippen molar-refractivity contribution in [2.75, 3.05) is 11.9 Å². The largest absolute Gasteiger partial charge is 0.508 e. The summed E-state index contributed by atoms with van der Waals surface area (Å²) in [5.74, 6) is -0.711. The van der Waals surface area contributed by atoms with Crippen LogP contribution < -0.4 is 10.6 Å². The summed E-state index contributed by atoms with van der Waals surface area (Å²) in [6.07, 6.45) is 1.95. The summed E-state index contributed by atoms with van der Waals surface area (Å²) in [6, 6.07) is 14.6. The molecule has 0 bridgehead atoms. The normalized spacial score (nSPS) is 13.0. The van der Waals surface area contributed by atoms with Crippen LogP contribution in [0.1, 0.15) is 61.0 Å². The number of imide groups is 1. The Hall–Kier alpha value is -6.38. The van der Waals surface area contributed by atoms with E-state index in [1.54, 1.807) is 35.2 Å². The molecule has 4 amide bonds. The molecule has 264 valence electrons. The van der Waals surface area contributed by atoms with Crippen molar-refractivity contribution < 1.29 is 39.2 Å². The van der Waals surface area contributed by atoms with Crippen LogP contribution in [-0.2, 0) is 27.4 Å². The zero-order chi connectivity index (χ0) is 36.4. The number of aromatic hydroxyl groups is 3. The Morgan fingerprint density at radius 3 is 2.57 bits per heavy atom. The molecule has 0 aliphatic carbocycles. The Kier molecular flexibility index (Phi) is 9.62.